The van der Waals surface area contributed by atoms with Crippen LogP contribution < -0.4 is 4.74 Å². The third-order valence-corrected chi connectivity index (χ3v) is 2.62. The van der Waals surface area contributed by atoms with Gasteiger partial charge in [0.25, 0.3) is 0 Å². The standard InChI is InChI=1S/C11H13BrN2O/c1-14(8-13)6-5-9-7-10(12)3-4-11(9)15-2/h3-4,7H,5-6H2,1-2H3. The molecule has 0 fully saturated rings. The van der Waals surface area contributed by atoms with Crippen molar-refractivity contribution in [1.29, 1.82) is 5.26 Å². The zero-order valence-corrected chi connectivity index (χ0v) is 10.4. The van der Waals surface area contributed by atoms with Crippen LogP contribution in [-0.4, -0.2) is 25.6 Å². The number of rotatable bonds is 4. The average Bonchev–Trinajstić information content (AvgIpc) is 2.26. The van der Waals surface area contributed by atoms with Gasteiger partial charge in [0.15, 0.2) is 6.19 Å². The molecular weight excluding hydrogens is 256 g/mol. The van der Waals surface area contributed by atoms with Crippen LogP contribution in [0.5, 0.6) is 5.75 Å². The molecule has 0 radical (unpaired) electrons. The zero-order chi connectivity index (χ0) is 11.3. The van der Waals surface area contributed by atoms with Gasteiger partial charge in [0.2, 0.25) is 0 Å². The summed E-state index contributed by atoms with van der Waals surface area (Å²) in [5.41, 5.74) is 1.11. The maximum absolute atomic E-state index is 8.63. The molecule has 0 bridgehead atoms. The van der Waals surface area contributed by atoms with E-state index in [1.807, 2.05) is 18.2 Å². The smallest absolute Gasteiger partial charge is 0.179 e. The summed E-state index contributed by atoms with van der Waals surface area (Å²) in [6, 6.07) is 5.88. The van der Waals surface area contributed by atoms with Gasteiger partial charge in [-0.25, -0.2) is 0 Å². The average molecular weight is 269 g/mol. The third-order valence-electron chi connectivity index (χ3n) is 2.13. The molecule has 1 rings (SSSR count). The van der Waals surface area contributed by atoms with Crippen LogP contribution in [0.1, 0.15) is 5.56 Å². The van der Waals surface area contributed by atoms with Crippen LogP contribution >= 0.6 is 15.9 Å². The van der Waals surface area contributed by atoms with Gasteiger partial charge in [0, 0.05) is 18.1 Å². The second kappa shape index (κ2) is 5.62. The Labute approximate surface area is 98.4 Å². The van der Waals surface area contributed by atoms with Crippen molar-refractivity contribution < 1.29 is 4.74 Å². The summed E-state index contributed by atoms with van der Waals surface area (Å²) in [5.74, 6) is 0.865. The van der Waals surface area contributed by atoms with Crippen LogP contribution in [0.3, 0.4) is 0 Å². The monoisotopic (exact) mass is 268 g/mol. The molecule has 0 saturated heterocycles. The molecule has 0 saturated carbocycles. The van der Waals surface area contributed by atoms with Gasteiger partial charge in [-0.1, -0.05) is 15.9 Å². The highest BCUT2D eigenvalue weighted by Gasteiger charge is 2.04. The Morgan fingerprint density at radius 3 is 2.87 bits per heavy atom. The predicted octanol–water partition coefficient (Wildman–Crippen LogP) is 2.41. The minimum Gasteiger partial charge on any atom is -0.496 e. The van der Waals surface area contributed by atoms with Gasteiger partial charge in [-0.15, -0.1) is 0 Å². The lowest BCUT2D eigenvalue weighted by atomic mass is 10.1. The highest BCUT2D eigenvalue weighted by Crippen LogP contribution is 2.23. The molecule has 0 unspecified atom stereocenters. The number of methoxy groups -OCH3 is 1. The summed E-state index contributed by atoms with van der Waals surface area (Å²) in [5, 5.41) is 8.63. The normalized spacial score (nSPS) is 9.47. The van der Waals surface area contributed by atoms with Crippen LogP contribution in [0.4, 0.5) is 0 Å². The lowest BCUT2D eigenvalue weighted by Gasteiger charge is -2.11. The van der Waals surface area contributed by atoms with E-state index in [-0.39, 0.29) is 0 Å². The topological polar surface area (TPSA) is 36.3 Å². The fourth-order valence-electron chi connectivity index (χ4n) is 1.28. The Balaban J connectivity index is 2.75. The number of halogens is 1. The molecule has 0 spiro atoms. The first-order valence-corrected chi connectivity index (χ1v) is 5.40. The number of nitrogens with zero attached hydrogens (tertiary/aromatic N) is 2. The highest BCUT2D eigenvalue weighted by atomic mass is 79.9. The number of ether oxygens (including phenoxy) is 1. The molecule has 1 aromatic carbocycles. The molecule has 1 aromatic rings. The Morgan fingerprint density at radius 2 is 2.27 bits per heavy atom. The Kier molecular flexibility index (Phi) is 4.44. The predicted molar refractivity (Wildman–Crippen MR) is 62.6 cm³/mol. The first kappa shape index (κ1) is 11.9. The first-order valence-electron chi connectivity index (χ1n) is 4.60. The van der Waals surface area contributed by atoms with Crippen LogP contribution in [0.15, 0.2) is 22.7 Å². The second-order valence-electron chi connectivity index (χ2n) is 3.23. The minimum atomic E-state index is 0.698. The van der Waals surface area contributed by atoms with Crippen molar-refractivity contribution in [2.45, 2.75) is 6.42 Å². The van der Waals surface area contributed by atoms with E-state index in [1.165, 1.54) is 0 Å². The highest BCUT2D eigenvalue weighted by molar-refractivity contribution is 9.10. The lowest BCUT2D eigenvalue weighted by Crippen LogP contribution is -2.14. The van der Waals surface area contributed by atoms with E-state index >= 15 is 0 Å². The molecule has 15 heavy (non-hydrogen) atoms. The van der Waals surface area contributed by atoms with Crippen LogP contribution in [0.2, 0.25) is 0 Å². The molecule has 0 atom stereocenters. The summed E-state index contributed by atoms with van der Waals surface area (Å²) in [4.78, 5) is 1.60. The maximum Gasteiger partial charge on any atom is 0.179 e. The van der Waals surface area contributed by atoms with Gasteiger partial charge < -0.3 is 9.64 Å². The van der Waals surface area contributed by atoms with Gasteiger partial charge in [-0.05, 0) is 30.2 Å². The Hall–Kier alpha value is -1.21. The van der Waals surface area contributed by atoms with Crippen molar-refractivity contribution in [3.8, 4) is 11.9 Å². The summed E-state index contributed by atoms with van der Waals surface area (Å²) in [6.45, 7) is 0.698. The minimum absolute atomic E-state index is 0.698. The van der Waals surface area contributed by atoms with Crippen LogP contribution in [-0.2, 0) is 6.42 Å². The summed E-state index contributed by atoms with van der Waals surface area (Å²) < 4.78 is 6.27. The number of benzene rings is 1. The third kappa shape index (κ3) is 3.45. The van der Waals surface area contributed by atoms with E-state index in [0.29, 0.717) is 6.54 Å². The number of hydrogen-bond acceptors (Lipinski definition) is 3. The molecular formula is C11H13BrN2O. The van der Waals surface area contributed by atoms with Crippen molar-refractivity contribution >= 4 is 15.9 Å². The lowest BCUT2D eigenvalue weighted by molar-refractivity contribution is 0.404. The molecule has 4 heteroatoms. The molecule has 3 nitrogen and oxygen atoms in total. The molecule has 0 aliphatic heterocycles. The SMILES string of the molecule is COc1ccc(Br)cc1CCN(C)C#N. The molecule has 0 heterocycles. The maximum atomic E-state index is 8.63. The Bertz CT molecular complexity index is 373. The van der Waals surface area contributed by atoms with E-state index in [9.17, 15) is 0 Å². The van der Waals surface area contributed by atoms with E-state index in [1.54, 1.807) is 19.1 Å². The van der Waals surface area contributed by atoms with Crippen molar-refractivity contribution in [2.75, 3.05) is 20.7 Å². The number of likely N-dealkylation sites (N-methyl/N-ethyl adjacent to an activating group) is 1. The number of nitriles is 1. The van der Waals surface area contributed by atoms with Crippen molar-refractivity contribution in [1.82, 2.24) is 4.90 Å². The number of hydrogen-bond donors (Lipinski definition) is 0. The van der Waals surface area contributed by atoms with Crippen molar-refractivity contribution in [2.24, 2.45) is 0 Å². The van der Waals surface area contributed by atoms with Crippen LogP contribution in [0.25, 0.3) is 0 Å². The zero-order valence-electron chi connectivity index (χ0n) is 8.83. The summed E-state index contributed by atoms with van der Waals surface area (Å²) in [7, 11) is 3.42. The molecule has 0 aliphatic carbocycles. The van der Waals surface area contributed by atoms with E-state index in [0.717, 1.165) is 22.2 Å². The fraction of sp³-hybridized carbons (Fsp3) is 0.364. The van der Waals surface area contributed by atoms with Crippen LogP contribution in [0, 0.1) is 11.5 Å². The summed E-state index contributed by atoms with van der Waals surface area (Å²) in [6.07, 6.45) is 2.87. The summed E-state index contributed by atoms with van der Waals surface area (Å²) >= 11 is 3.42. The Morgan fingerprint density at radius 1 is 1.53 bits per heavy atom. The quantitative estimate of drug-likeness (QED) is 0.622. The molecule has 80 valence electrons. The van der Waals surface area contributed by atoms with Crippen molar-refractivity contribution in [3.05, 3.63) is 28.2 Å². The molecule has 0 N–H and O–H groups in total. The second-order valence-corrected chi connectivity index (χ2v) is 4.14. The van der Waals surface area contributed by atoms with Gasteiger partial charge in [0.1, 0.15) is 5.75 Å². The van der Waals surface area contributed by atoms with Gasteiger partial charge in [-0.2, -0.15) is 5.26 Å². The molecule has 0 amide bonds. The van der Waals surface area contributed by atoms with E-state index in [2.05, 4.69) is 22.1 Å². The van der Waals surface area contributed by atoms with Gasteiger partial charge >= 0.3 is 0 Å². The molecule has 0 aliphatic rings. The fourth-order valence-corrected chi connectivity index (χ4v) is 1.69. The van der Waals surface area contributed by atoms with Gasteiger partial charge in [0.05, 0.1) is 7.11 Å². The molecule has 0 aromatic heterocycles. The van der Waals surface area contributed by atoms with Crippen molar-refractivity contribution in [3.63, 3.8) is 0 Å². The van der Waals surface area contributed by atoms with Gasteiger partial charge in [-0.3, -0.25) is 0 Å². The largest absolute Gasteiger partial charge is 0.496 e. The van der Waals surface area contributed by atoms with E-state index in [4.69, 9.17) is 10.00 Å². The first-order chi connectivity index (χ1) is 7.17. The van der Waals surface area contributed by atoms with E-state index < -0.39 is 0 Å².